The molecule has 0 bridgehead atoms. The van der Waals surface area contributed by atoms with Crippen molar-refractivity contribution in [2.45, 2.75) is 39.3 Å². The predicted molar refractivity (Wildman–Crippen MR) is 86.4 cm³/mol. The van der Waals surface area contributed by atoms with Crippen LogP contribution in [0.2, 0.25) is 6.04 Å². The second kappa shape index (κ2) is 10.5. The number of ether oxygens (including phenoxy) is 1. The summed E-state index contributed by atoms with van der Waals surface area (Å²) in [4.78, 5) is 2.29. The highest BCUT2D eigenvalue weighted by Gasteiger charge is 2.43. The molecule has 0 aliphatic carbocycles. The van der Waals surface area contributed by atoms with E-state index < -0.39 is 8.80 Å². The molecule has 124 valence electrons. The lowest BCUT2D eigenvalue weighted by Gasteiger charge is -2.36. The van der Waals surface area contributed by atoms with Crippen LogP contribution in [0.25, 0.3) is 0 Å². The first kappa shape index (κ1) is 18.8. The summed E-state index contributed by atoms with van der Waals surface area (Å²) in [5, 5.41) is 0. The SMILES string of the molecule is C=CCN(CC)CC1COCCC[Si](OCC)(OCC)O1. The van der Waals surface area contributed by atoms with Crippen LogP contribution < -0.4 is 0 Å². The van der Waals surface area contributed by atoms with Crippen molar-refractivity contribution in [3.63, 3.8) is 0 Å². The van der Waals surface area contributed by atoms with E-state index in [1.165, 1.54) is 0 Å². The molecule has 21 heavy (non-hydrogen) atoms. The van der Waals surface area contributed by atoms with Crippen molar-refractivity contribution in [1.82, 2.24) is 4.90 Å². The third kappa shape index (κ3) is 6.59. The molecule has 1 aliphatic rings. The van der Waals surface area contributed by atoms with E-state index in [0.29, 0.717) is 19.8 Å². The fourth-order valence-electron chi connectivity index (χ4n) is 2.54. The highest BCUT2D eigenvalue weighted by molar-refractivity contribution is 6.60. The van der Waals surface area contributed by atoms with Crippen LogP contribution >= 0.6 is 0 Å². The molecule has 0 saturated carbocycles. The predicted octanol–water partition coefficient (Wildman–Crippen LogP) is 2.31. The lowest BCUT2D eigenvalue weighted by molar-refractivity contribution is -0.0349. The van der Waals surface area contributed by atoms with Crippen molar-refractivity contribution in [1.29, 1.82) is 0 Å². The van der Waals surface area contributed by atoms with Gasteiger partial charge in [0.05, 0.1) is 12.7 Å². The van der Waals surface area contributed by atoms with Crippen LogP contribution in [0.3, 0.4) is 0 Å². The second-order valence-corrected chi connectivity index (χ2v) is 7.79. The van der Waals surface area contributed by atoms with Gasteiger partial charge < -0.3 is 18.0 Å². The van der Waals surface area contributed by atoms with Crippen LogP contribution in [0, 0.1) is 0 Å². The van der Waals surface area contributed by atoms with E-state index in [1.807, 2.05) is 19.9 Å². The van der Waals surface area contributed by atoms with Crippen molar-refractivity contribution >= 4 is 8.80 Å². The van der Waals surface area contributed by atoms with E-state index in [2.05, 4.69) is 18.4 Å². The zero-order valence-electron chi connectivity index (χ0n) is 13.8. The summed E-state index contributed by atoms with van der Waals surface area (Å²) in [6.45, 7) is 15.2. The van der Waals surface area contributed by atoms with Gasteiger partial charge in [-0.2, -0.15) is 0 Å². The molecule has 1 rings (SSSR count). The molecule has 6 heteroatoms. The van der Waals surface area contributed by atoms with Gasteiger partial charge in [0.25, 0.3) is 0 Å². The van der Waals surface area contributed by atoms with E-state index in [4.69, 9.17) is 18.0 Å². The van der Waals surface area contributed by atoms with Crippen LogP contribution in [0.5, 0.6) is 0 Å². The lowest BCUT2D eigenvalue weighted by atomic mass is 10.3. The van der Waals surface area contributed by atoms with Gasteiger partial charge in [0.2, 0.25) is 0 Å². The Bertz CT molecular complexity index is 285. The van der Waals surface area contributed by atoms with E-state index in [1.54, 1.807) is 0 Å². The molecule has 1 unspecified atom stereocenters. The van der Waals surface area contributed by atoms with Gasteiger partial charge in [-0.05, 0) is 26.8 Å². The number of hydrogen-bond acceptors (Lipinski definition) is 5. The van der Waals surface area contributed by atoms with Crippen molar-refractivity contribution in [2.24, 2.45) is 0 Å². The second-order valence-electron chi connectivity index (χ2n) is 5.11. The number of hydrogen-bond donors (Lipinski definition) is 0. The fraction of sp³-hybridized carbons (Fsp3) is 0.867. The molecule has 5 nitrogen and oxygen atoms in total. The Kier molecular flexibility index (Phi) is 9.38. The molecular weight excluding hydrogens is 286 g/mol. The van der Waals surface area contributed by atoms with Gasteiger partial charge in [0, 0.05) is 39.0 Å². The molecule has 1 fully saturated rings. The molecule has 0 spiro atoms. The molecule has 0 aromatic rings. The first-order chi connectivity index (χ1) is 10.2. The summed E-state index contributed by atoms with van der Waals surface area (Å²) < 4.78 is 23.9. The highest BCUT2D eigenvalue weighted by atomic mass is 28.4. The molecule has 0 amide bonds. The Morgan fingerprint density at radius 2 is 2.00 bits per heavy atom. The summed E-state index contributed by atoms with van der Waals surface area (Å²) in [6.07, 6.45) is 2.85. The Morgan fingerprint density at radius 1 is 1.29 bits per heavy atom. The standard InChI is InChI=1S/C15H31NO4Si/c1-5-10-16(6-2)13-15-14-17-11-9-12-21(20-15,18-7-3)19-8-4/h5,15H,1,6-14H2,2-4H3. The molecule has 0 aromatic carbocycles. The van der Waals surface area contributed by atoms with E-state index in [9.17, 15) is 0 Å². The fourth-order valence-corrected chi connectivity index (χ4v) is 5.27. The van der Waals surface area contributed by atoms with Crippen LogP contribution in [0.1, 0.15) is 27.2 Å². The molecular formula is C15H31NO4Si. The molecule has 1 saturated heterocycles. The molecule has 1 aliphatic heterocycles. The monoisotopic (exact) mass is 317 g/mol. The zero-order valence-corrected chi connectivity index (χ0v) is 14.8. The van der Waals surface area contributed by atoms with E-state index in [0.717, 1.165) is 38.7 Å². The number of rotatable bonds is 9. The first-order valence-electron chi connectivity index (χ1n) is 8.06. The van der Waals surface area contributed by atoms with E-state index >= 15 is 0 Å². The average Bonchev–Trinajstić information content (AvgIpc) is 2.44. The minimum atomic E-state index is -2.56. The van der Waals surface area contributed by atoms with Crippen molar-refractivity contribution in [2.75, 3.05) is 46.1 Å². The minimum Gasteiger partial charge on any atom is -0.379 e. The summed E-state index contributed by atoms with van der Waals surface area (Å²) in [5.41, 5.74) is 0. The maximum atomic E-state index is 6.33. The van der Waals surface area contributed by atoms with Gasteiger partial charge in [-0.1, -0.05) is 13.0 Å². The van der Waals surface area contributed by atoms with Crippen molar-refractivity contribution < 1.29 is 18.0 Å². The average molecular weight is 318 g/mol. The van der Waals surface area contributed by atoms with Crippen LogP contribution in [0.15, 0.2) is 12.7 Å². The Labute approximate surface area is 130 Å². The molecule has 0 radical (unpaired) electrons. The number of likely N-dealkylation sites (N-methyl/N-ethyl adjacent to an activating group) is 1. The van der Waals surface area contributed by atoms with Gasteiger partial charge in [0.15, 0.2) is 0 Å². The summed E-state index contributed by atoms with van der Waals surface area (Å²) >= 11 is 0. The molecule has 1 heterocycles. The third-order valence-electron chi connectivity index (χ3n) is 3.45. The maximum absolute atomic E-state index is 6.33. The topological polar surface area (TPSA) is 40.2 Å². The first-order valence-corrected chi connectivity index (χ1v) is 9.99. The van der Waals surface area contributed by atoms with Gasteiger partial charge in [-0.25, -0.2) is 0 Å². The van der Waals surface area contributed by atoms with Crippen molar-refractivity contribution in [3.05, 3.63) is 12.7 Å². The number of nitrogens with zero attached hydrogens (tertiary/aromatic N) is 1. The van der Waals surface area contributed by atoms with Crippen LogP contribution in [-0.4, -0.2) is 65.9 Å². The van der Waals surface area contributed by atoms with Gasteiger partial charge in [0.1, 0.15) is 0 Å². The van der Waals surface area contributed by atoms with Gasteiger partial charge in [-0.3, -0.25) is 4.90 Å². The lowest BCUT2D eigenvalue weighted by Crippen LogP contribution is -2.53. The highest BCUT2D eigenvalue weighted by Crippen LogP contribution is 2.23. The van der Waals surface area contributed by atoms with Crippen LogP contribution in [0.4, 0.5) is 0 Å². The smallest absolute Gasteiger partial charge is 0.379 e. The Morgan fingerprint density at radius 3 is 2.57 bits per heavy atom. The quantitative estimate of drug-likeness (QED) is 0.482. The Hall–Kier alpha value is -0.243. The maximum Gasteiger partial charge on any atom is 0.501 e. The summed E-state index contributed by atoms with van der Waals surface area (Å²) in [5.74, 6) is 0. The molecule has 0 N–H and O–H groups in total. The zero-order chi connectivity index (χ0) is 15.6. The third-order valence-corrected chi connectivity index (χ3v) is 6.56. The normalized spacial score (nSPS) is 22.8. The van der Waals surface area contributed by atoms with Gasteiger partial charge in [-0.15, -0.1) is 6.58 Å². The van der Waals surface area contributed by atoms with E-state index in [-0.39, 0.29) is 6.10 Å². The molecule has 0 aromatic heterocycles. The summed E-state index contributed by atoms with van der Waals surface area (Å²) in [7, 11) is -2.56. The van der Waals surface area contributed by atoms with Crippen LogP contribution in [-0.2, 0) is 18.0 Å². The molecule has 1 atom stereocenters. The summed E-state index contributed by atoms with van der Waals surface area (Å²) in [6, 6.07) is 0.832. The minimum absolute atomic E-state index is 0.00466. The largest absolute Gasteiger partial charge is 0.501 e. The van der Waals surface area contributed by atoms with Gasteiger partial charge >= 0.3 is 8.80 Å². The Balaban J connectivity index is 2.73. The van der Waals surface area contributed by atoms with Crippen molar-refractivity contribution in [3.8, 4) is 0 Å².